The quantitative estimate of drug-likeness (QED) is 0.354. The molecule has 3 atom stereocenters. The fraction of sp³-hybridized carbons (Fsp3) is 0.639. The Bertz CT molecular complexity index is 1520. The molecule has 47 heavy (non-hydrogen) atoms. The van der Waals surface area contributed by atoms with E-state index >= 15 is 0 Å². The Morgan fingerprint density at radius 1 is 0.957 bits per heavy atom. The van der Waals surface area contributed by atoms with Crippen molar-refractivity contribution in [3.05, 3.63) is 59.9 Å². The molecule has 2 aliphatic carbocycles. The highest BCUT2D eigenvalue weighted by atomic mass is 32.2. The van der Waals surface area contributed by atoms with Gasteiger partial charge < -0.3 is 25.0 Å². The van der Waals surface area contributed by atoms with E-state index in [9.17, 15) is 17.6 Å². The first-order valence-electron chi connectivity index (χ1n) is 17.4. The van der Waals surface area contributed by atoms with E-state index in [0.717, 1.165) is 109 Å². The summed E-state index contributed by atoms with van der Waals surface area (Å²) in [5.74, 6) is 0.680. The Balaban J connectivity index is 1.03. The molecule has 256 valence electrons. The highest BCUT2D eigenvalue weighted by molar-refractivity contribution is 7.92. The molecule has 1 amide bonds. The Labute approximate surface area is 278 Å². The highest BCUT2D eigenvalue weighted by Crippen LogP contribution is 2.52. The number of hydrogen-bond donors (Lipinski definition) is 1. The predicted molar refractivity (Wildman–Crippen MR) is 179 cm³/mol. The number of benzene rings is 2. The van der Waals surface area contributed by atoms with Crippen molar-refractivity contribution in [1.82, 2.24) is 9.80 Å². The van der Waals surface area contributed by atoms with E-state index in [1.807, 2.05) is 18.2 Å². The van der Waals surface area contributed by atoms with E-state index in [2.05, 4.69) is 20.8 Å². The summed E-state index contributed by atoms with van der Waals surface area (Å²) in [6.07, 6.45) is 5.38. The lowest BCUT2D eigenvalue weighted by Gasteiger charge is -2.54. The summed E-state index contributed by atoms with van der Waals surface area (Å²) < 4.78 is 51.5. The van der Waals surface area contributed by atoms with E-state index < -0.39 is 15.9 Å². The lowest BCUT2D eigenvalue weighted by molar-refractivity contribution is -0.0666. The molecule has 5 fully saturated rings. The Morgan fingerprint density at radius 3 is 2.32 bits per heavy atom. The van der Waals surface area contributed by atoms with Gasteiger partial charge in [0.1, 0.15) is 11.9 Å². The number of likely N-dealkylation sites (tertiary alicyclic amines) is 2. The summed E-state index contributed by atoms with van der Waals surface area (Å²) in [7, 11) is -1.41. The minimum atomic E-state index is -3.16. The van der Waals surface area contributed by atoms with Crippen molar-refractivity contribution in [2.24, 2.45) is 23.5 Å². The molecular formula is C36H49FN4O5S. The third kappa shape index (κ3) is 6.65. The number of amides is 1. The smallest absolute Gasteiger partial charge is 0.404 e. The van der Waals surface area contributed by atoms with Gasteiger partial charge in [0, 0.05) is 69.3 Å². The summed E-state index contributed by atoms with van der Waals surface area (Å²) in [6, 6.07) is 14.6. The predicted octanol–water partition coefficient (Wildman–Crippen LogP) is 4.44. The zero-order valence-corrected chi connectivity index (χ0v) is 28.3. The molecule has 0 bridgehead atoms. The second-order valence-electron chi connectivity index (χ2n) is 14.7. The lowest BCUT2D eigenvalue weighted by atomic mass is 9.58. The zero-order valence-electron chi connectivity index (χ0n) is 27.4. The topological polar surface area (TPSA) is 105 Å². The number of nitrogens with two attached hydrogens (primary N) is 1. The van der Waals surface area contributed by atoms with Crippen LogP contribution in [-0.4, -0.2) is 101 Å². The zero-order chi connectivity index (χ0) is 32.8. The lowest BCUT2D eigenvalue weighted by Crippen LogP contribution is -2.62. The van der Waals surface area contributed by atoms with Crippen LogP contribution in [-0.2, 0) is 24.7 Å². The molecule has 2 N–H and O–H groups in total. The molecule has 7 rings (SSSR count). The van der Waals surface area contributed by atoms with Gasteiger partial charge in [-0.25, -0.2) is 17.6 Å². The van der Waals surface area contributed by atoms with E-state index in [4.69, 9.17) is 15.2 Å². The van der Waals surface area contributed by atoms with Crippen molar-refractivity contribution in [1.29, 1.82) is 0 Å². The fourth-order valence-electron chi connectivity index (χ4n) is 9.15. The fourth-order valence-corrected chi connectivity index (χ4v) is 10.8. The Kier molecular flexibility index (Phi) is 9.27. The second-order valence-corrected chi connectivity index (χ2v) is 16.9. The van der Waals surface area contributed by atoms with Gasteiger partial charge >= 0.3 is 6.09 Å². The van der Waals surface area contributed by atoms with Gasteiger partial charge in [-0.3, -0.25) is 4.90 Å². The number of anilines is 1. The number of ether oxygens (including phenoxy) is 2. The normalized spacial score (nSPS) is 26.5. The van der Waals surface area contributed by atoms with Crippen LogP contribution in [0.3, 0.4) is 0 Å². The molecule has 2 saturated carbocycles. The highest BCUT2D eigenvalue weighted by Gasteiger charge is 2.54. The van der Waals surface area contributed by atoms with Gasteiger partial charge in [0.2, 0.25) is 0 Å². The third-order valence-corrected chi connectivity index (χ3v) is 14.0. The summed E-state index contributed by atoms with van der Waals surface area (Å²) in [4.78, 5) is 19.8. The summed E-state index contributed by atoms with van der Waals surface area (Å²) in [5.41, 5.74) is 7.29. The first kappa shape index (κ1) is 32.8. The van der Waals surface area contributed by atoms with E-state index in [1.54, 1.807) is 25.3 Å². The maximum Gasteiger partial charge on any atom is 0.404 e. The van der Waals surface area contributed by atoms with Gasteiger partial charge in [0.25, 0.3) is 0 Å². The molecule has 0 spiro atoms. The van der Waals surface area contributed by atoms with Crippen molar-refractivity contribution < 1.29 is 27.1 Å². The van der Waals surface area contributed by atoms with Crippen LogP contribution in [0.1, 0.15) is 50.5 Å². The summed E-state index contributed by atoms with van der Waals surface area (Å²) >= 11 is 0. The maximum absolute atomic E-state index is 14.9. The first-order valence-corrected chi connectivity index (χ1v) is 19.0. The minimum Gasteiger partial charge on any atom is -0.446 e. The number of piperidine rings is 1. The number of nitrogens with zero attached hydrogens (tertiary/aromatic N) is 3. The van der Waals surface area contributed by atoms with E-state index in [1.165, 1.54) is 6.07 Å². The third-order valence-electron chi connectivity index (χ3n) is 11.8. The molecule has 9 nitrogen and oxygen atoms in total. The molecule has 1 unspecified atom stereocenters. The van der Waals surface area contributed by atoms with Crippen LogP contribution in [0, 0.1) is 23.6 Å². The van der Waals surface area contributed by atoms with Gasteiger partial charge in [0.05, 0.1) is 16.2 Å². The van der Waals surface area contributed by atoms with E-state index in [-0.39, 0.29) is 34.6 Å². The number of methoxy groups -OCH3 is 1. The van der Waals surface area contributed by atoms with Crippen LogP contribution in [0.5, 0.6) is 0 Å². The van der Waals surface area contributed by atoms with Gasteiger partial charge in [-0.15, -0.1) is 0 Å². The average Bonchev–Trinajstić information content (AvgIpc) is 3.79. The van der Waals surface area contributed by atoms with Crippen molar-refractivity contribution in [2.75, 3.05) is 64.4 Å². The maximum atomic E-state index is 14.9. The molecule has 5 aliphatic rings. The first-order chi connectivity index (χ1) is 22.7. The molecule has 0 radical (unpaired) electrons. The summed E-state index contributed by atoms with van der Waals surface area (Å²) in [5, 5.41) is -0.188. The van der Waals surface area contributed by atoms with Crippen molar-refractivity contribution in [2.45, 2.75) is 72.7 Å². The number of halogens is 1. The molecule has 2 aromatic carbocycles. The van der Waals surface area contributed by atoms with Crippen LogP contribution < -0.4 is 10.6 Å². The number of primary amides is 1. The van der Waals surface area contributed by atoms with Crippen LogP contribution in [0.4, 0.5) is 14.9 Å². The molecule has 0 aromatic heterocycles. The molecule has 3 aliphatic heterocycles. The molecular weight excluding hydrogens is 619 g/mol. The van der Waals surface area contributed by atoms with Crippen molar-refractivity contribution >= 4 is 21.6 Å². The monoisotopic (exact) mass is 668 g/mol. The van der Waals surface area contributed by atoms with Crippen molar-refractivity contribution in [3.8, 4) is 0 Å². The van der Waals surface area contributed by atoms with Crippen LogP contribution in [0.15, 0.2) is 53.4 Å². The van der Waals surface area contributed by atoms with Crippen molar-refractivity contribution in [3.63, 3.8) is 0 Å². The van der Waals surface area contributed by atoms with Gasteiger partial charge in [-0.05, 0) is 106 Å². The number of sulfone groups is 1. The standard InChI is InChI=1S/C36H49FN4O5S/c1-45-30-22-40(23-30)24-36(27-4-2-5-28(37)18-27,33-6-3-7-34(33)46-35(38)42)26-14-16-39(17-15-26)19-25-20-41(21-25)29-8-10-31(11-9-29)47(43,44)32-12-13-32/h2,4-5,8-11,18,25-26,30,32-34H,3,6-7,12-17,19-24H2,1H3,(H2,38,42)/t33-,34-,36?/m0/s1. The number of hydrogen-bond acceptors (Lipinski definition) is 8. The second kappa shape index (κ2) is 13.3. The summed E-state index contributed by atoms with van der Waals surface area (Å²) in [6.45, 7) is 7.37. The van der Waals surface area contributed by atoms with Gasteiger partial charge in [-0.1, -0.05) is 12.1 Å². The largest absolute Gasteiger partial charge is 0.446 e. The van der Waals surface area contributed by atoms with Gasteiger partial charge in [-0.2, -0.15) is 0 Å². The molecule has 3 saturated heterocycles. The minimum absolute atomic E-state index is 0.0563. The average molecular weight is 669 g/mol. The molecule has 11 heteroatoms. The van der Waals surface area contributed by atoms with E-state index in [0.29, 0.717) is 16.7 Å². The van der Waals surface area contributed by atoms with Crippen LogP contribution in [0.25, 0.3) is 0 Å². The van der Waals surface area contributed by atoms with Crippen LogP contribution in [0.2, 0.25) is 0 Å². The Hall–Kier alpha value is -2.73. The molecule has 3 heterocycles. The number of rotatable bonds is 12. The van der Waals surface area contributed by atoms with Gasteiger partial charge in [0.15, 0.2) is 9.84 Å². The van der Waals surface area contributed by atoms with Crippen LogP contribution >= 0.6 is 0 Å². The number of carbonyl (C=O) groups is 1. The molecule has 2 aromatic rings. The Morgan fingerprint density at radius 2 is 1.68 bits per heavy atom. The SMILES string of the molecule is COC1CN(CC(c2cccc(F)c2)(C2CCN(CC3CN(c4ccc(S(=O)(=O)C5CC5)cc4)C3)CC2)[C@H]2CCC[C@@H]2OC(N)=O)C1. The number of carbonyl (C=O) groups excluding carboxylic acids is 1.